The largest absolute Gasteiger partial charge is 0.497 e. The SMILES string of the molecule is CCNC(=NCc1ccccc1CN(C)C)N1CCC(c2ccc(OC)cc2)C1.I. The van der Waals surface area contributed by atoms with E-state index in [-0.39, 0.29) is 24.0 Å². The summed E-state index contributed by atoms with van der Waals surface area (Å²) >= 11 is 0. The van der Waals surface area contributed by atoms with E-state index in [0.29, 0.717) is 12.5 Å². The average molecular weight is 522 g/mol. The molecule has 0 aromatic heterocycles. The first-order chi connectivity index (χ1) is 14.1. The molecule has 30 heavy (non-hydrogen) atoms. The topological polar surface area (TPSA) is 40.1 Å². The molecule has 0 spiro atoms. The Balaban J connectivity index is 0.00000320. The van der Waals surface area contributed by atoms with E-state index < -0.39 is 0 Å². The third-order valence-electron chi connectivity index (χ3n) is 5.41. The summed E-state index contributed by atoms with van der Waals surface area (Å²) in [7, 11) is 5.92. The number of nitrogens with one attached hydrogen (secondary N) is 1. The second kappa shape index (κ2) is 12.2. The molecule has 1 unspecified atom stereocenters. The Labute approximate surface area is 198 Å². The van der Waals surface area contributed by atoms with Crippen molar-refractivity contribution in [3.8, 4) is 5.75 Å². The molecule has 1 fully saturated rings. The lowest BCUT2D eigenvalue weighted by molar-refractivity contribution is 0.401. The van der Waals surface area contributed by atoms with Gasteiger partial charge in [0.1, 0.15) is 5.75 Å². The summed E-state index contributed by atoms with van der Waals surface area (Å²) < 4.78 is 5.29. The quantitative estimate of drug-likeness (QED) is 0.334. The van der Waals surface area contributed by atoms with Gasteiger partial charge in [0.2, 0.25) is 0 Å². The molecule has 3 rings (SSSR count). The van der Waals surface area contributed by atoms with Crippen LogP contribution in [0.1, 0.15) is 36.0 Å². The monoisotopic (exact) mass is 522 g/mol. The van der Waals surface area contributed by atoms with Crippen molar-refractivity contribution < 1.29 is 4.74 Å². The Kier molecular flexibility index (Phi) is 9.91. The molecule has 1 N–H and O–H groups in total. The van der Waals surface area contributed by atoms with Gasteiger partial charge in [-0.2, -0.15) is 0 Å². The maximum Gasteiger partial charge on any atom is 0.194 e. The highest BCUT2D eigenvalue weighted by molar-refractivity contribution is 14.0. The van der Waals surface area contributed by atoms with Crippen LogP contribution in [0.4, 0.5) is 0 Å². The van der Waals surface area contributed by atoms with Crippen LogP contribution < -0.4 is 10.1 Å². The number of guanidine groups is 1. The molecule has 1 saturated heterocycles. The van der Waals surface area contributed by atoms with Gasteiger partial charge in [0.25, 0.3) is 0 Å². The van der Waals surface area contributed by atoms with E-state index in [0.717, 1.165) is 44.3 Å². The Hall–Kier alpha value is -1.80. The zero-order chi connectivity index (χ0) is 20.6. The molecule has 1 aliphatic heterocycles. The maximum absolute atomic E-state index is 5.29. The van der Waals surface area contributed by atoms with Crippen LogP contribution in [0.2, 0.25) is 0 Å². The van der Waals surface area contributed by atoms with Gasteiger partial charge in [0, 0.05) is 32.1 Å². The van der Waals surface area contributed by atoms with Gasteiger partial charge in [-0.1, -0.05) is 36.4 Å². The number of likely N-dealkylation sites (tertiary alicyclic amines) is 1. The molecule has 2 aromatic carbocycles. The number of aliphatic imine (C=N–C) groups is 1. The Morgan fingerprint density at radius 2 is 1.83 bits per heavy atom. The van der Waals surface area contributed by atoms with Crippen LogP contribution in [0.5, 0.6) is 5.75 Å². The highest BCUT2D eigenvalue weighted by Crippen LogP contribution is 2.28. The van der Waals surface area contributed by atoms with E-state index >= 15 is 0 Å². The molecular weight excluding hydrogens is 487 g/mol. The smallest absolute Gasteiger partial charge is 0.194 e. The van der Waals surface area contributed by atoms with Crippen molar-refractivity contribution in [3.63, 3.8) is 0 Å². The molecule has 1 atom stereocenters. The molecule has 1 aliphatic rings. The predicted octanol–water partition coefficient (Wildman–Crippen LogP) is 4.33. The van der Waals surface area contributed by atoms with Crippen LogP contribution in [0.3, 0.4) is 0 Å². The molecule has 2 aromatic rings. The Bertz CT molecular complexity index is 807. The summed E-state index contributed by atoms with van der Waals surface area (Å²) in [4.78, 5) is 9.58. The predicted molar refractivity (Wildman–Crippen MR) is 136 cm³/mol. The number of methoxy groups -OCH3 is 1. The van der Waals surface area contributed by atoms with Crippen molar-refractivity contribution in [2.75, 3.05) is 40.8 Å². The zero-order valence-electron chi connectivity index (χ0n) is 18.6. The number of hydrogen-bond donors (Lipinski definition) is 1. The summed E-state index contributed by atoms with van der Waals surface area (Å²) in [6.45, 7) is 6.68. The number of rotatable bonds is 7. The summed E-state index contributed by atoms with van der Waals surface area (Å²) in [5.74, 6) is 2.46. The minimum atomic E-state index is 0. The van der Waals surface area contributed by atoms with Gasteiger partial charge in [0.15, 0.2) is 5.96 Å². The minimum absolute atomic E-state index is 0. The van der Waals surface area contributed by atoms with Gasteiger partial charge in [-0.3, -0.25) is 0 Å². The summed E-state index contributed by atoms with van der Waals surface area (Å²) in [5, 5.41) is 3.49. The van der Waals surface area contributed by atoms with Gasteiger partial charge >= 0.3 is 0 Å². The summed E-state index contributed by atoms with van der Waals surface area (Å²) in [6, 6.07) is 17.1. The van der Waals surface area contributed by atoms with Crippen molar-refractivity contribution >= 4 is 29.9 Å². The summed E-state index contributed by atoms with van der Waals surface area (Å²) in [5.41, 5.74) is 4.01. The lowest BCUT2D eigenvalue weighted by atomic mass is 9.98. The lowest BCUT2D eigenvalue weighted by Gasteiger charge is -2.22. The molecule has 0 saturated carbocycles. The zero-order valence-corrected chi connectivity index (χ0v) is 20.9. The minimum Gasteiger partial charge on any atom is -0.497 e. The van der Waals surface area contributed by atoms with E-state index in [9.17, 15) is 0 Å². The van der Waals surface area contributed by atoms with E-state index in [1.165, 1.54) is 16.7 Å². The number of halogens is 1. The van der Waals surface area contributed by atoms with Crippen molar-refractivity contribution in [1.82, 2.24) is 15.1 Å². The van der Waals surface area contributed by atoms with Crippen molar-refractivity contribution in [3.05, 3.63) is 65.2 Å². The third-order valence-corrected chi connectivity index (χ3v) is 5.41. The maximum atomic E-state index is 5.29. The normalized spacial score (nSPS) is 16.5. The number of nitrogens with zero attached hydrogens (tertiary/aromatic N) is 3. The average Bonchev–Trinajstić information content (AvgIpc) is 3.22. The Morgan fingerprint density at radius 3 is 2.47 bits per heavy atom. The van der Waals surface area contributed by atoms with Crippen molar-refractivity contribution in [1.29, 1.82) is 0 Å². The molecule has 1 heterocycles. The first-order valence-electron chi connectivity index (χ1n) is 10.5. The molecular formula is C24H35IN4O. The Morgan fingerprint density at radius 1 is 1.13 bits per heavy atom. The van der Waals surface area contributed by atoms with Crippen LogP contribution >= 0.6 is 24.0 Å². The fraction of sp³-hybridized carbons (Fsp3) is 0.458. The fourth-order valence-electron chi connectivity index (χ4n) is 3.89. The highest BCUT2D eigenvalue weighted by Gasteiger charge is 2.26. The second-order valence-corrected chi connectivity index (χ2v) is 7.88. The van der Waals surface area contributed by atoms with Gasteiger partial charge in [-0.15, -0.1) is 24.0 Å². The van der Waals surface area contributed by atoms with Crippen molar-refractivity contribution in [2.45, 2.75) is 32.4 Å². The van der Waals surface area contributed by atoms with Gasteiger partial charge in [-0.25, -0.2) is 4.99 Å². The molecule has 0 radical (unpaired) electrons. The van der Waals surface area contributed by atoms with Crippen LogP contribution in [-0.4, -0.2) is 56.6 Å². The molecule has 6 heteroatoms. The van der Waals surface area contributed by atoms with E-state index in [1.807, 2.05) is 0 Å². The highest BCUT2D eigenvalue weighted by atomic mass is 127. The van der Waals surface area contributed by atoms with Crippen LogP contribution in [0.25, 0.3) is 0 Å². The first kappa shape index (κ1) is 24.5. The van der Waals surface area contributed by atoms with Gasteiger partial charge < -0.3 is 19.9 Å². The van der Waals surface area contributed by atoms with Crippen LogP contribution in [-0.2, 0) is 13.1 Å². The van der Waals surface area contributed by atoms with E-state index in [4.69, 9.17) is 9.73 Å². The third kappa shape index (κ3) is 6.60. The molecule has 0 bridgehead atoms. The van der Waals surface area contributed by atoms with E-state index in [1.54, 1.807) is 7.11 Å². The van der Waals surface area contributed by atoms with Crippen molar-refractivity contribution in [2.24, 2.45) is 4.99 Å². The fourth-order valence-corrected chi connectivity index (χ4v) is 3.89. The molecule has 0 amide bonds. The number of ether oxygens (including phenoxy) is 1. The standard InChI is InChI=1S/C24H34N4O.HI/c1-5-25-24(26-16-20-8-6-7-9-21(20)17-27(2)3)28-15-14-22(18-28)19-10-12-23(29-4)13-11-19;/h6-13,22H,5,14-18H2,1-4H3,(H,25,26);1H. The van der Waals surface area contributed by atoms with Gasteiger partial charge in [-0.05, 0) is 56.3 Å². The number of benzene rings is 2. The molecule has 0 aliphatic carbocycles. The van der Waals surface area contributed by atoms with E-state index in [2.05, 4.69) is 84.7 Å². The summed E-state index contributed by atoms with van der Waals surface area (Å²) in [6.07, 6.45) is 1.15. The van der Waals surface area contributed by atoms with Gasteiger partial charge in [0.05, 0.1) is 13.7 Å². The lowest BCUT2D eigenvalue weighted by Crippen LogP contribution is -2.40. The first-order valence-corrected chi connectivity index (χ1v) is 10.5. The van der Waals surface area contributed by atoms with Crippen LogP contribution in [0, 0.1) is 0 Å². The molecule has 5 nitrogen and oxygen atoms in total. The van der Waals surface area contributed by atoms with Crippen LogP contribution in [0.15, 0.2) is 53.5 Å². The second-order valence-electron chi connectivity index (χ2n) is 7.88. The number of hydrogen-bond acceptors (Lipinski definition) is 3. The molecule has 164 valence electrons.